The van der Waals surface area contributed by atoms with Crippen LogP contribution in [0.5, 0.6) is 0 Å². The second-order valence-electron chi connectivity index (χ2n) is 4.31. The van der Waals surface area contributed by atoms with Crippen LogP contribution in [0.3, 0.4) is 0 Å². The van der Waals surface area contributed by atoms with Gasteiger partial charge in [-0.15, -0.1) is 0 Å². The highest BCUT2D eigenvalue weighted by atomic mass is 16.6. The Balaban J connectivity index is 2.34. The lowest BCUT2D eigenvalue weighted by Crippen LogP contribution is -2.16. The van der Waals surface area contributed by atoms with Gasteiger partial charge in [0.2, 0.25) is 0 Å². The molecule has 0 spiro atoms. The summed E-state index contributed by atoms with van der Waals surface area (Å²) in [5, 5.41) is 16.5. The fourth-order valence-corrected chi connectivity index (χ4v) is 2.06. The highest BCUT2D eigenvalue weighted by molar-refractivity contribution is 5.84. The molecule has 8 nitrogen and oxygen atoms in total. The Morgan fingerprint density at radius 1 is 1.40 bits per heavy atom. The number of aliphatic carboxylic acids is 1. The van der Waals surface area contributed by atoms with E-state index in [9.17, 15) is 9.90 Å². The average Bonchev–Trinajstić information content (AvgIpc) is 3.00. The molecular weight excluding hydrogens is 262 g/mol. The molecule has 102 valence electrons. The maximum atomic E-state index is 11.3. The van der Waals surface area contributed by atoms with Gasteiger partial charge in [0, 0.05) is 0 Å². The van der Waals surface area contributed by atoms with Gasteiger partial charge in [0.15, 0.2) is 17.3 Å². The molecule has 2 aromatic heterocycles. The molecular formula is C12H11N5O3. The van der Waals surface area contributed by atoms with Crippen LogP contribution < -0.4 is 5.73 Å². The van der Waals surface area contributed by atoms with Gasteiger partial charge in [0.1, 0.15) is 6.04 Å². The van der Waals surface area contributed by atoms with Gasteiger partial charge in [-0.25, -0.2) is 14.4 Å². The van der Waals surface area contributed by atoms with Gasteiger partial charge in [-0.3, -0.25) is 0 Å². The Bertz CT molecular complexity index is 791. The molecule has 1 atom stereocenters. The van der Waals surface area contributed by atoms with Crippen LogP contribution in [0, 0.1) is 0 Å². The fraction of sp³-hybridized carbons (Fsp3) is 0.167. The summed E-state index contributed by atoms with van der Waals surface area (Å²) in [6.07, 6.45) is 0. The van der Waals surface area contributed by atoms with Crippen molar-refractivity contribution in [3.05, 3.63) is 24.3 Å². The second-order valence-corrected chi connectivity index (χ2v) is 4.31. The molecule has 1 aromatic carbocycles. The molecule has 0 radical (unpaired) electrons. The number of carboxylic acids is 1. The Kier molecular flexibility index (Phi) is 2.63. The first kappa shape index (κ1) is 12.2. The smallest absolute Gasteiger partial charge is 0.326 e. The summed E-state index contributed by atoms with van der Waals surface area (Å²) in [6, 6.07) is 6.37. The van der Waals surface area contributed by atoms with Gasteiger partial charge in [0.05, 0.1) is 11.0 Å². The molecule has 0 bridgehead atoms. The number of carbonyl (C=O) groups is 1. The topological polar surface area (TPSA) is 120 Å². The minimum absolute atomic E-state index is 0.0687. The Morgan fingerprint density at radius 3 is 2.80 bits per heavy atom. The van der Waals surface area contributed by atoms with E-state index in [1.807, 2.05) is 12.1 Å². The molecule has 3 rings (SSSR count). The first-order valence-corrected chi connectivity index (χ1v) is 5.87. The lowest BCUT2D eigenvalue weighted by atomic mass is 10.2. The van der Waals surface area contributed by atoms with Crippen LogP contribution in [-0.4, -0.2) is 30.9 Å². The summed E-state index contributed by atoms with van der Waals surface area (Å²) in [5.74, 6) is -0.594. The standard InChI is InChI=1S/C12H11N5O3/c1-6(12(18)19)17-8-5-3-2-4-7(8)14-11(17)9-10(13)16-20-15-9/h2-6H,1H3,(H2,13,16)(H,18,19). The lowest BCUT2D eigenvalue weighted by molar-refractivity contribution is -0.140. The third-order valence-electron chi connectivity index (χ3n) is 3.07. The molecule has 1 unspecified atom stereocenters. The van der Waals surface area contributed by atoms with Crippen LogP contribution in [0.1, 0.15) is 13.0 Å². The molecule has 8 heteroatoms. The van der Waals surface area contributed by atoms with Crippen molar-refractivity contribution in [1.29, 1.82) is 0 Å². The van der Waals surface area contributed by atoms with E-state index in [4.69, 9.17) is 5.73 Å². The molecule has 3 N–H and O–H groups in total. The minimum atomic E-state index is -0.982. The largest absolute Gasteiger partial charge is 0.480 e. The van der Waals surface area contributed by atoms with Crippen LogP contribution in [-0.2, 0) is 4.79 Å². The van der Waals surface area contributed by atoms with E-state index in [1.54, 1.807) is 23.6 Å². The van der Waals surface area contributed by atoms with Crippen LogP contribution >= 0.6 is 0 Å². The van der Waals surface area contributed by atoms with E-state index in [0.29, 0.717) is 16.9 Å². The Labute approximate surface area is 112 Å². The normalized spacial score (nSPS) is 12.7. The van der Waals surface area contributed by atoms with Gasteiger partial charge in [-0.1, -0.05) is 12.1 Å². The maximum absolute atomic E-state index is 11.3. The van der Waals surface area contributed by atoms with Crippen molar-refractivity contribution in [2.24, 2.45) is 0 Å². The number of para-hydroxylation sites is 2. The molecule has 0 saturated carbocycles. The molecule has 0 aliphatic heterocycles. The summed E-state index contributed by atoms with van der Waals surface area (Å²) in [4.78, 5) is 15.7. The number of nitrogen functional groups attached to an aromatic ring is 1. The number of hydrogen-bond acceptors (Lipinski definition) is 6. The van der Waals surface area contributed by atoms with Crippen molar-refractivity contribution < 1.29 is 14.5 Å². The number of hydrogen-bond donors (Lipinski definition) is 2. The first-order chi connectivity index (χ1) is 9.59. The summed E-state index contributed by atoms with van der Waals surface area (Å²) >= 11 is 0. The van der Waals surface area contributed by atoms with E-state index in [2.05, 4.69) is 19.9 Å². The van der Waals surface area contributed by atoms with Crippen molar-refractivity contribution in [2.75, 3.05) is 5.73 Å². The molecule has 0 amide bonds. The number of aromatic nitrogens is 4. The predicted octanol–water partition coefficient (Wildman–Crippen LogP) is 1.31. The second kappa shape index (κ2) is 4.34. The van der Waals surface area contributed by atoms with E-state index < -0.39 is 12.0 Å². The summed E-state index contributed by atoms with van der Waals surface area (Å²) < 4.78 is 6.11. The van der Waals surface area contributed by atoms with E-state index in [0.717, 1.165) is 0 Å². The molecule has 2 heterocycles. The zero-order chi connectivity index (χ0) is 14.3. The van der Waals surface area contributed by atoms with Crippen LogP contribution in [0.2, 0.25) is 0 Å². The number of imidazole rings is 1. The molecule has 0 fully saturated rings. The van der Waals surface area contributed by atoms with Gasteiger partial charge < -0.3 is 15.4 Å². The van der Waals surface area contributed by atoms with Crippen molar-refractivity contribution in [2.45, 2.75) is 13.0 Å². The first-order valence-electron chi connectivity index (χ1n) is 5.87. The highest BCUT2D eigenvalue weighted by Gasteiger charge is 2.25. The van der Waals surface area contributed by atoms with Crippen molar-refractivity contribution in [3.8, 4) is 11.5 Å². The monoisotopic (exact) mass is 273 g/mol. The van der Waals surface area contributed by atoms with E-state index in [-0.39, 0.29) is 11.5 Å². The number of fused-ring (bicyclic) bond motifs is 1. The molecule has 0 aliphatic rings. The van der Waals surface area contributed by atoms with Gasteiger partial charge in [-0.05, 0) is 29.4 Å². The maximum Gasteiger partial charge on any atom is 0.326 e. The number of carboxylic acid groups (broad SMARTS) is 1. The fourth-order valence-electron chi connectivity index (χ4n) is 2.06. The van der Waals surface area contributed by atoms with Gasteiger partial charge in [-0.2, -0.15) is 0 Å². The number of nitrogens with two attached hydrogens (primary N) is 1. The van der Waals surface area contributed by atoms with Crippen molar-refractivity contribution >= 4 is 22.8 Å². The SMILES string of the molecule is CC(C(=O)O)n1c(-c2nonc2N)nc2ccccc21. The lowest BCUT2D eigenvalue weighted by Gasteiger charge is -2.12. The number of benzene rings is 1. The zero-order valence-electron chi connectivity index (χ0n) is 10.5. The van der Waals surface area contributed by atoms with Crippen LogP contribution in [0.15, 0.2) is 28.9 Å². The van der Waals surface area contributed by atoms with E-state index >= 15 is 0 Å². The Hall–Kier alpha value is -2.90. The number of nitrogens with zero attached hydrogens (tertiary/aromatic N) is 4. The average molecular weight is 273 g/mol. The zero-order valence-corrected chi connectivity index (χ0v) is 10.5. The molecule has 0 aliphatic carbocycles. The summed E-state index contributed by atoms with van der Waals surface area (Å²) in [6.45, 7) is 1.56. The molecule has 0 saturated heterocycles. The quantitative estimate of drug-likeness (QED) is 0.738. The molecule has 3 aromatic rings. The third kappa shape index (κ3) is 1.69. The van der Waals surface area contributed by atoms with Crippen LogP contribution in [0.25, 0.3) is 22.6 Å². The van der Waals surface area contributed by atoms with Gasteiger partial charge >= 0.3 is 5.97 Å². The van der Waals surface area contributed by atoms with Gasteiger partial charge in [0.25, 0.3) is 0 Å². The Morgan fingerprint density at radius 2 is 2.15 bits per heavy atom. The summed E-state index contributed by atoms with van der Waals surface area (Å²) in [7, 11) is 0. The number of rotatable bonds is 3. The van der Waals surface area contributed by atoms with Crippen LogP contribution in [0.4, 0.5) is 5.82 Å². The molecule has 20 heavy (non-hydrogen) atoms. The third-order valence-corrected chi connectivity index (χ3v) is 3.07. The number of anilines is 1. The summed E-state index contributed by atoms with van der Waals surface area (Å²) in [5.41, 5.74) is 7.23. The minimum Gasteiger partial charge on any atom is -0.480 e. The highest BCUT2D eigenvalue weighted by Crippen LogP contribution is 2.29. The van der Waals surface area contributed by atoms with E-state index in [1.165, 1.54) is 0 Å². The van der Waals surface area contributed by atoms with Crippen molar-refractivity contribution in [3.63, 3.8) is 0 Å². The van der Waals surface area contributed by atoms with Crippen molar-refractivity contribution in [1.82, 2.24) is 19.9 Å². The predicted molar refractivity (Wildman–Crippen MR) is 69.8 cm³/mol.